The second-order valence-electron chi connectivity index (χ2n) is 4.30. The molecule has 20 heavy (non-hydrogen) atoms. The Hall–Kier alpha value is -2.56. The molecule has 0 unspecified atom stereocenters. The monoisotopic (exact) mass is 274 g/mol. The highest BCUT2D eigenvalue weighted by Gasteiger charge is 2.17. The molecule has 0 aliphatic carbocycles. The first-order chi connectivity index (χ1) is 9.52. The minimum Gasteiger partial charge on any atom is -0.497 e. The van der Waals surface area contributed by atoms with Crippen LogP contribution in [0.5, 0.6) is 5.75 Å². The van der Waals surface area contributed by atoms with Crippen LogP contribution in [0.2, 0.25) is 0 Å². The molecule has 2 aromatic carbocycles. The molecule has 0 atom stereocenters. The number of nitrogen functional groups attached to an aromatic ring is 1. The fourth-order valence-electron chi connectivity index (χ4n) is 1.81. The molecule has 0 saturated carbocycles. The van der Waals surface area contributed by atoms with Crippen LogP contribution >= 0.6 is 0 Å². The molecule has 1 amide bonds. The Morgan fingerprint density at radius 2 is 1.85 bits per heavy atom. The van der Waals surface area contributed by atoms with E-state index in [0.717, 1.165) is 6.07 Å². The fourth-order valence-corrected chi connectivity index (χ4v) is 1.81. The van der Waals surface area contributed by atoms with Crippen LogP contribution in [0.3, 0.4) is 0 Å². The summed E-state index contributed by atoms with van der Waals surface area (Å²) in [7, 11) is 3.15. The highest BCUT2D eigenvalue weighted by molar-refractivity contribution is 6.06. The molecule has 0 aliphatic rings. The molecular weight excluding hydrogens is 259 g/mol. The van der Waals surface area contributed by atoms with Crippen molar-refractivity contribution in [1.29, 1.82) is 0 Å². The SMILES string of the molecule is COc1ccc(N(C)C(=O)c2ccc(N)cc2F)cc1. The topological polar surface area (TPSA) is 55.6 Å². The van der Waals surface area contributed by atoms with Gasteiger partial charge in [0.15, 0.2) is 0 Å². The Morgan fingerprint density at radius 1 is 1.20 bits per heavy atom. The van der Waals surface area contributed by atoms with Crippen LogP contribution in [-0.2, 0) is 0 Å². The maximum Gasteiger partial charge on any atom is 0.260 e. The number of methoxy groups -OCH3 is 1. The summed E-state index contributed by atoms with van der Waals surface area (Å²) in [4.78, 5) is 13.6. The summed E-state index contributed by atoms with van der Waals surface area (Å²) in [6, 6.07) is 10.9. The molecular formula is C15H15FN2O2. The van der Waals surface area contributed by atoms with E-state index in [1.807, 2.05) is 0 Å². The van der Waals surface area contributed by atoms with Crippen molar-refractivity contribution in [3.05, 3.63) is 53.8 Å². The smallest absolute Gasteiger partial charge is 0.260 e. The van der Waals surface area contributed by atoms with Crippen molar-refractivity contribution >= 4 is 17.3 Å². The Balaban J connectivity index is 2.27. The molecule has 2 aromatic rings. The molecule has 2 rings (SSSR count). The Kier molecular flexibility index (Phi) is 3.89. The minimum atomic E-state index is -0.629. The van der Waals surface area contributed by atoms with Crippen LogP contribution in [0.4, 0.5) is 15.8 Å². The number of hydrogen-bond donors (Lipinski definition) is 1. The number of carbonyl (C=O) groups is 1. The normalized spacial score (nSPS) is 10.2. The van der Waals surface area contributed by atoms with Crippen LogP contribution in [-0.4, -0.2) is 20.1 Å². The maximum atomic E-state index is 13.7. The molecule has 0 saturated heterocycles. The largest absolute Gasteiger partial charge is 0.497 e. The number of nitrogens with zero attached hydrogens (tertiary/aromatic N) is 1. The third kappa shape index (κ3) is 2.71. The zero-order chi connectivity index (χ0) is 14.7. The second-order valence-corrected chi connectivity index (χ2v) is 4.30. The van der Waals surface area contributed by atoms with Gasteiger partial charge < -0.3 is 15.4 Å². The molecule has 0 heterocycles. The van der Waals surface area contributed by atoms with Gasteiger partial charge in [0, 0.05) is 18.4 Å². The molecule has 0 radical (unpaired) electrons. The maximum absolute atomic E-state index is 13.7. The lowest BCUT2D eigenvalue weighted by Crippen LogP contribution is -2.27. The van der Waals surface area contributed by atoms with Gasteiger partial charge in [0.1, 0.15) is 11.6 Å². The predicted octanol–water partition coefficient (Wildman–Crippen LogP) is 2.69. The van der Waals surface area contributed by atoms with E-state index in [9.17, 15) is 9.18 Å². The standard InChI is InChI=1S/C15H15FN2O2/c1-18(11-4-6-12(20-2)7-5-11)15(19)13-8-3-10(17)9-14(13)16/h3-9H,17H2,1-2H3. The summed E-state index contributed by atoms with van der Waals surface area (Å²) in [5.74, 6) is -0.378. The molecule has 0 fully saturated rings. The number of nitrogens with two attached hydrogens (primary N) is 1. The number of rotatable bonds is 3. The molecule has 104 valence electrons. The number of benzene rings is 2. The average molecular weight is 274 g/mol. The van der Waals surface area contributed by atoms with Gasteiger partial charge in [0.05, 0.1) is 12.7 Å². The first kappa shape index (κ1) is 13.9. The quantitative estimate of drug-likeness (QED) is 0.875. The number of carbonyl (C=O) groups excluding carboxylic acids is 1. The van der Waals surface area contributed by atoms with Gasteiger partial charge in [-0.3, -0.25) is 4.79 Å². The summed E-state index contributed by atoms with van der Waals surface area (Å²) in [6.45, 7) is 0. The van der Waals surface area contributed by atoms with Gasteiger partial charge in [-0.05, 0) is 42.5 Å². The van der Waals surface area contributed by atoms with E-state index in [-0.39, 0.29) is 11.3 Å². The fraction of sp³-hybridized carbons (Fsp3) is 0.133. The Bertz CT molecular complexity index is 626. The van der Waals surface area contributed by atoms with Crippen LogP contribution in [0, 0.1) is 5.82 Å². The van der Waals surface area contributed by atoms with Crippen molar-refractivity contribution in [3.63, 3.8) is 0 Å². The van der Waals surface area contributed by atoms with Crippen LogP contribution in [0.1, 0.15) is 10.4 Å². The molecule has 0 bridgehead atoms. The van der Waals surface area contributed by atoms with Crippen molar-refractivity contribution in [2.45, 2.75) is 0 Å². The average Bonchev–Trinajstić information content (AvgIpc) is 2.46. The number of halogens is 1. The van der Waals surface area contributed by atoms with Crippen LogP contribution in [0.15, 0.2) is 42.5 Å². The zero-order valence-electron chi connectivity index (χ0n) is 11.3. The van der Waals surface area contributed by atoms with Gasteiger partial charge in [-0.15, -0.1) is 0 Å². The van der Waals surface area contributed by atoms with Crippen molar-refractivity contribution in [2.24, 2.45) is 0 Å². The van der Waals surface area contributed by atoms with Gasteiger partial charge >= 0.3 is 0 Å². The van der Waals surface area contributed by atoms with Gasteiger partial charge in [0.2, 0.25) is 0 Å². The summed E-state index contributed by atoms with van der Waals surface area (Å²) >= 11 is 0. The summed E-state index contributed by atoms with van der Waals surface area (Å²) < 4.78 is 18.8. The number of ether oxygens (including phenoxy) is 1. The van der Waals surface area contributed by atoms with E-state index in [1.54, 1.807) is 38.4 Å². The zero-order valence-corrected chi connectivity index (χ0v) is 11.3. The van der Waals surface area contributed by atoms with Crippen LogP contribution < -0.4 is 15.4 Å². The van der Waals surface area contributed by atoms with Gasteiger partial charge in [0.25, 0.3) is 5.91 Å². The summed E-state index contributed by atoms with van der Waals surface area (Å²) in [5.41, 5.74) is 6.38. The lowest BCUT2D eigenvalue weighted by atomic mass is 10.1. The third-order valence-electron chi connectivity index (χ3n) is 2.99. The molecule has 0 aromatic heterocycles. The highest BCUT2D eigenvalue weighted by Crippen LogP contribution is 2.21. The molecule has 0 aliphatic heterocycles. The lowest BCUT2D eigenvalue weighted by molar-refractivity contribution is 0.0989. The van der Waals surface area contributed by atoms with E-state index in [4.69, 9.17) is 10.5 Å². The van der Waals surface area contributed by atoms with Crippen LogP contribution in [0.25, 0.3) is 0 Å². The summed E-state index contributed by atoms with van der Waals surface area (Å²) in [5, 5.41) is 0. The van der Waals surface area contributed by atoms with Crippen molar-refractivity contribution in [3.8, 4) is 5.75 Å². The van der Waals surface area contributed by atoms with Crippen molar-refractivity contribution in [1.82, 2.24) is 0 Å². The molecule has 2 N–H and O–H groups in total. The lowest BCUT2D eigenvalue weighted by Gasteiger charge is -2.18. The summed E-state index contributed by atoms with van der Waals surface area (Å²) in [6.07, 6.45) is 0. The highest BCUT2D eigenvalue weighted by atomic mass is 19.1. The Labute approximate surface area is 116 Å². The van der Waals surface area contributed by atoms with E-state index < -0.39 is 11.7 Å². The van der Waals surface area contributed by atoms with Gasteiger partial charge in [-0.2, -0.15) is 0 Å². The molecule has 4 nitrogen and oxygen atoms in total. The Morgan fingerprint density at radius 3 is 2.40 bits per heavy atom. The van der Waals surface area contributed by atoms with Crippen molar-refractivity contribution in [2.75, 3.05) is 24.8 Å². The van der Waals surface area contributed by atoms with E-state index in [1.165, 1.54) is 17.0 Å². The molecule has 0 spiro atoms. The first-order valence-electron chi connectivity index (χ1n) is 6.00. The number of amides is 1. The third-order valence-corrected chi connectivity index (χ3v) is 2.99. The number of hydrogen-bond acceptors (Lipinski definition) is 3. The first-order valence-corrected chi connectivity index (χ1v) is 6.00. The van der Waals surface area contributed by atoms with Gasteiger partial charge in [-0.1, -0.05) is 0 Å². The van der Waals surface area contributed by atoms with Gasteiger partial charge in [-0.25, -0.2) is 4.39 Å². The van der Waals surface area contributed by atoms with E-state index >= 15 is 0 Å². The van der Waals surface area contributed by atoms with E-state index in [0.29, 0.717) is 11.4 Å². The minimum absolute atomic E-state index is 0.0162. The van der Waals surface area contributed by atoms with Crippen molar-refractivity contribution < 1.29 is 13.9 Å². The predicted molar refractivity (Wildman–Crippen MR) is 76.5 cm³/mol. The molecule has 5 heteroatoms. The number of anilines is 2. The van der Waals surface area contributed by atoms with E-state index in [2.05, 4.69) is 0 Å². The second kappa shape index (κ2) is 5.61.